The number of urea groups is 1. The van der Waals surface area contributed by atoms with Gasteiger partial charge < -0.3 is 10.6 Å². The lowest BCUT2D eigenvalue weighted by Crippen LogP contribution is -2.19. The summed E-state index contributed by atoms with van der Waals surface area (Å²) < 4.78 is 15.2. The van der Waals surface area contributed by atoms with Gasteiger partial charge in [-0.1, -0.05) is 29.8 Å². The Hall–Kier alpha value is -2.86. The molecule has 24 heavy (non-hydrogen) atoms. The van der Waals surface area contributed by atoms with Gasteiger partial charge in [0.1, 0.15) is 5.82 Å². The first-order valence-electron chi connectivity index (χ1n) is 7.19. The normalized spacial score (nSPS) is 10.4. The van der Waals surface area contributed by atoms with Crippen LogP contribution < -0.4 is 10.6 Å². The van der Waals surface area contributed by atoms with Gasteiger partial charge in [-0.2, -0.15) is 5.10 Å². The van der Waals surface area contributed by atoms with Crippen molar-refractivity contribution in [3.63, 3.8) is 0 Å². The topological polar surface area (TPSA) is 59.0 Å². The van der Waals surface area contributed by atoms with Crippen LogP contribution in [0.2, 0.25) is 5.02 Å². The van der Waals surface area contributed by atoms with E-state index in [9.17, 15) is 9.18 Å². The van der Waals surface area contributed by atoms with Gasteiger partial charge in [-0.15, -0.1) is 0 Å². The Balaban J connectivity index is 1.60. The second kappa shape index (κ2) is 7.14. The molecule has 1 aromatic heterocycles. The van der Waals surface area contributed by atoms with E-state index in [0.29, 0.717) is 22.0 Å². The van der Waals surface area contributed by atoms with E-state index < -0.39 is 6.03 Å². The fraction of sp³-hybridized carbons (Fsp3) is 0.0588. The van der Waals surface area contributed by atoms with Crippen molar-refractivity contribution in [3.05, 3.63) is 77.3 Å². The van der Waals surface area contributed by atoms with E-state index in [1.165, 1.54) is 12.3 Å². The standard InChI is InChI=1S/C17H14ClFN4O/c18-13-5-7-14(8-6-13)21-17(24)22-15-9-20-23(11-15)10-12-3-1-2-4-16(12)19/h1-9,11H,10H2,(H2,21,22,24). The maximum atomic E-state index is 13.6. The molecule has 0 unspecified atom stereocenters. The molecular formula is C17H14ClFN4O. The van der Waals surface area contributed by atoms with Gasteiger partial charge in [-0.05, 0) is 30.3 Å². The highest BCUT2D eigenvalue weighted by atomic mass is 35.5. The fourth-order valence-corrected chi connectivity index (χ4v) is 2.27. The Labute approximate surface area is 143 Å². The van der Waals surface area contributed by atoms with Crippen LogP contribution in [0.15, 0.2) is 60.9 Å². The average molecular weight is 345 g/mol. The smallest absolute Gasteiger partial charge is 0.308 e. The van der Waals surface area contributed by atoms with Crippen molar-refractivity contribution in [3.8, 4) is 0 Å². The van der Waals surface area contributed by atoms with Crippen LogP contribution in [-0.4, -0.2) is 15.8 Å². The summed E-state index contributed by atoms with van der Waals surface area (Å²) in [6, 6.07) is 12.9. The highest BCUT2D eigenvalue weighted by Gasteiger charge is 2.07. The maximum Gasteiger partial charge on any atom is 0.323 e. The van der Waals surface area contributed by atoms with Crippen molar-refractivity contribution in [2.24, 2.45) is 0 Å². The predicted molar refractivity (Wildman–Crippen MR) is 91.8 cm³/mol. The number of anilines is 2. The number of carbonyl (C=O) groups excluding carboxylic acids is 1. The Morgan fingerprint density at radius 2 is 1.79 bits per heavy atom. The molecule has 0 bridgehead atoms. The molecule has 0 spiro atoms. The van der Waals surface area contributed by atoms with Crippen LogP contribution >= 0.6 is 11.6 Å². The van der Waals surface area contributed by atoms with Crippen LogP contribution in [0.5, 0.6) is 0 Å². The van der Waals surface area contributed by atoms with E-state index in [0.717, 1.165) is 0 Å². The Kier molecular flexibility index (Phi) is 4.77. The average Bonchev–Trinajstić information content (AvgIpc) is 2.99. The molecule has 7 heteroatoms. The number of amides is 2. The SMILES string of the molecule is O=C(Nc1ccc(Cl)cc1)Nc1cnn(Cc2ccccc2F)c1. The maximum absolute atomic E-state index is 13.6. The van der Waals surface area contributed by atoms with Gasteiger partial charge >= 0.3 is 6.03 Å². The third-order valence-electron chi connectivity index (χ3n) is 3.28. The molecule has 0 aliphatic carbocycles. The van der Waals surface area contributed by atoms with E-state index in [1.54, 1.807) is 53.3 Å². The summed E-state index contributed by atoms with van der Waals surface area (Å²) in [5, 5.41) is 10.1. The molecule has 0 saturated carbocycles. The third-order valence-corrected chi connectivity index (χ3v) is 3.54. The summed E-state index contributed by atoms with van der Waals surface area (Å²) in [7, 11) is 0. The number of benzene rings is 2. The van der Waals surface area contributed by atoms with Gasteiger partial charge in [0, 0.05) is 22.5 Å². The lowest BCUT2D eigenvalue weighted by molar-refractivity contribution is 0.262. The second-order valence-corrected chi connectivity index (χ2v) is 5.54. The molecule has 2 amide bonds. The number of aromatic nitrogens is 2. The number of carbonyl (C=O) groups is 1. The molecule has 0 saturated heterocycles. The number of nitrogens with one attached hydrogen (secondary N) is 2. The van der Waals surface area contributed by atoms with E-state index in [4.69, 9.17) is 11.6 Å². The van der Waals surface area contributed by atoms with Gasteiger partial charge in [-0.25, -0.2) is 9.18 Å². The van der Waals surface area contributed by atoms with Crippen molar-refractivity contribution >= 4 is 29.0 Å². The minimum atomic E-state index is -0.400. The van der Waals surface area contributed by atoms with E-state index in [-0.39, 0.29) is 12.4 Å². The molecule has 2 aromatic carbocycles. The van der Waals surface area contributed by atoms with Crippen LogP contribution in [0.25, 0.3) is 0 Å². The van der Waals surface area contributed by atoms with Crippen LogP contribution in [0, 0.1) is 5.82 Å². The summed E-state index contributed by atoms with van der Waals surface area (Å²) in [5.74, 6) is -0.289. The molecule has 0 radical (unpaired) electrons. The van der Waals surface area contributed by atoms with Crippen LogP contribution in [0.3, 0.4) is 0 Å². The highest BCUT2D eigenvalue weighted by Crippen LogP contribution is 2.14. The predicted octanol–water partition coefficient (Wildman–Crippen LogP) is 4.37. The van der Waals surface area contributed by atoms with Crippen molar-refractivity contribution < 1.29 is 9.18 Å². The minimum absolute atomic E-state index is 0.285. The van der Waals surface area contributed by atoms with Crippen molar-refractivity contribution in [2.75, 3.05) is 10.6 Å². The van der Waals surface area contributed by atoms with Crippen molar-refractivity contribution in [1.29, 1.82) is 0 Å². The molecule has 2 N–H and O–H groups in total. The molecule has 3 rings (SSSR count). The Morgan fingerprint density at radius 1 is 1.08 bits per heavy atom. The number of halogens is 2. The summed E-state index contributed by atoms with van der Waals surface area (Å²) in [5.41, 5.74) is 1.66. The second-order valence-electron chi connectivity index (χ2n) is 5.10. The van der Waals surface area contributed by atoms with E-state index in [2.05, 4.69) is 15.7 Å². The van der Waals surface area contributed by atoms with Crippen LogP contribution in [0.1, 0.15) is 5.56 Å². The molecular weight excluding hydrogens is 331 g/mol. The summed E-state index contributed by atoms with van der Waals surface area (Å²) in [6.45, 7) is 0.285. The lowest BCUT2D eigenvalue weighted by atomic mass is 10.2. The highest BCUT2D eigenvalue weighted by molar-refractivity contribution is 6.30. The van der Waals surface area contributed by atoms with E-state index >= 15 is 0 Å². The first kappa shape index (κ1) is 16.0. The fourth-order valence-electron chi connectivity index (χ4n) is 2.14. The molecule has 3 aromatic rings. The zero-order valence-corrected chi connectivity index (χ0v) is 13.3. The molecule has 0 aliphatic rings. The van der Waals surface area contributed by atoms with Crippen LogP contribution in [-0.2, 0) is 6.54 Å². The van der Waals surface area contributed by atoms with Crippen LogP contribution in [0.4, 0.5) is 20.6 Å². The first-order valence-corrected chi connectivity index (χ1v) is 7.57. The van der Waals surface area contributed by atoms with Crippen molar-refractivity contribution in [2.45, 2.75) is 6.54 Å². The third kappa shape index (κ3) is 4.11. The van der Waals surface area contributed by atoms with Crippen molar-refractivity contribution in [1.82, 2.24) is 9.78 Å². The minimum Gasteiger partial charge on any atom is -0.308 e. The van der Waals surface area contributed by atoms with Gasteiger partial charge in [0.2, 0.25) is 0 Å². The molecule has 0 fully saturated rings. The molecule has 1 heterocycles. The molecule has 0 aliphatic heterocycles. The molecule has 5 nitrogen and oxygen atoms in total. The largest absolute Gasteiger partial charge is 0.323 e. The monoisotopic (exact) mass is 344 g/mol. The lowest BCUT2D eigenvalue weighted by Gasteiger charge is -2.06. The summed E-state index contributed by atoms with van der Waals surface area (Å²) in [6.07, 6.45) is 3.14. The number of hydrogen-bond donors (Lipinski definition) is 2. The Morgan fingerprint density at radius 3 is 2.54 bits per heavy atom. The molecule has 0 atom stereocenters. The van der Waals surface area contributed by atoms with E-state index in [1.807, 2.05) is 0 Å². The zero-order valence-electron chi connectivity index (χ0n) is 12.5. The number of rotatable bonds is 4. The number of hydrogen-bond acceptors (Lipinski definition) is 2. The van der Waals surface area contributed by atoms with Gasteiger partial charge in [-0.3, -0.25) is 4.68 Å². The Bertz CT molecular complexity index is 848. The summed E-state index contributed by atoms with van der Waals surface area (Å²) >= 11 is 5.79. The zero-order chi connectivity index (χ0) is 16.9. The number of nitrogens with zero attached hydrogens (tertiary/aromatic N) is 2. The summed E-state index contributed by atoms with van der Waals surface area (Å²) in [4.78, 5) is 11.9. The van der Waals surface area contributed by atoms with Gasteiger partial charge in [0.25, 0.3) is 0 Å². The van der Waals surface area contributed by atoms with Gasteiger partial charge in [0.05, 0.1) is 18.4 Å². The first-order chi connectivity index (χ1) is 11.6. The molecule has 122 valence electrons. The van der Waals surface area contributed by atoms with Gasteiger partial charge in [0.15, 0.2) is 0 Å². The quantitative estimate of drug-likeness (QED) is 0.738.